The lowest BCUT2D eigenvalue weighted by Crippen LogP contribution is -2.49. The van der Waals surface area contributed by atoms with E-state index in [9.17, 15) is 14.0 Å². The highest BCUT2D eigenvalue weighted by atomic mass is 35.5. The Labute approximate surface area is 166 Å². The van der Waals surface area contributed by atoms with E-state index in [0.717, 1.165) is 5.69 Å². The number of hydrogen-bond donors (Lipinski definition) is 0. The van der Waals surface area contributed by atoms with Crippen molar-refractivity contribution in [2.24, 2.45) is 7.05 Å². The number of nitrogens with zero attached hydrogens (tertiary/aromatic N) is 3. The molecule has 1 amide bonds. The first-order valence-corrected chi connectivity index (χ1v) is 9.40. The van der Waals surface area contributed by atoms with Gasteiger partial charge in [0.1, 0.15) is 11.4 Å². The Morgan fingerprint density at radius 3 is 2.54 bits per heavy atom. The van der Waals surface area contributed by atoms with Crippen LogP contribution in [-0.2, 0) is 7.05 Å². The summed E-state index contributed by atoms with van der Waals surface area (Å²) in [6, 6.07) is 11.6. The SMILES string of the molecule is Cn1cc(C(=O)N2CCN(c3cccc(Cl)c3)CC2)c(=O)c2cc(F)ccc21. The van der Waals surface area contributed by atoms with E-state index in [1.807, 2.05) is 24.3 Å². The molecule has 4 rings (SSSR count). The topological polar surface area (TPSA) is 45.6 Å². The maximum atomic E-state index is 13.6. The fraction of sp³-hybridized carbons (Fsp3) is 0.238. The molecule has 0 saturated carbocycles. The summed E-state index contributed by atoms with van der Waals surface area (Å²) in [6.07, 6.45) is 1.54. The van der Waals surface area contributed by atoms with Crippen molar-refractivity contribution in [2.45, 2.75) is 0 Å². The normalized spacial score (nSPS) is 14.5. The van der Waals surface area contributed by atoms with Crippen LogP contribution in [-0.4, -0.2) is 41.6 Å². The number of carbonyl (C=O) groups is 1. The number of hydrogen-bond acceptors (Lipinski definition) is 3. The van der Waals surface area contributed by atoms with Gasteiger partial charge in [-0.1, -0.05) is 17.7 Å². The molecule has 0 N–H and O–H groups in total. The van der Waals surface area contributed by atoms with Crippen molar-refractivity contribution in [3.05, 3.63) is 75.3 Å². The Bertz CT molecular complexity index is 1120. The first-order valence-electron chi connectivity index (χ1n) is 9.03. The third-order valence-electron chi connectivity index (χ3n) is 5.12. The monoisotopic (exact) mass is 399 g/mol. The molecule has 144 valence electrons. The van der Waals surface area contributed by atoms with Crippen molar-refractivity contribution in [2.75, 3.05) is 31.1 Å². The average molecular weight is 400 g/mol. The molecule has 5 nitrogen and oxygen atoms in total. The van der Waals surface area contributed by atoms with E-state index >= 15 is 0 Å². The lowest BCUT2D eigenvalue weighted by molar-refractivity contribution is 0.0745. The van der Waals surface area contributed by atoms with Crippen LogP contribution >= 0.6 is 11.6 Å². The summed E-state index contributed by atoms with van der Waals surface area (Å²) in [7, 11) is 1.74. The second-order valence-electron chi connectivity index (χ2n) is 6.90. The number of aromatic nitrogens is 1. The minimum Gasteiger partial charge on any atom is -0.368 e. The Kier molecular flexibility index (Phi) is 4.81. The van der Waals surface area contributed by atoms with Crippen LogP contribution < -0.4 is 10.3 Å². The van der Waals surface area contributed by atoms with Crippen molar-refractivity contribution in [1.82, 2.24) is 9.47 Å². The minimum absolute atomic E-state index is 0.0665. The standard InChI is InChI=1S/C21H19ClFN3O2/c1-24-13-18(20(27)17-12-15(23)5-6-19(17)24)21(28)26-9-7-25(8-10-26)16-4-2-3-14(22)11-16/h2-6,11-13H,7-10H2,1H3. The van der Waals surface area contributed by atoms with Gasteiger partial charge in [-0.25, -0.2) is 4.39 Å². The molecule has 2 heterocycles. The minimum atomic E-state index is -0.496. The van der Waals surface area contributed by atoms with E-state index < -0.39 is 11.2 Å². The van der Waals surface area contributed by atoms with Crippen LogP contribution in [0.3, 0.4) is 0 Å². The van der Waals surface area contributed by atoms with Crippen LogP contribution in [0.4, 0.5) is 10.1 Å². The molecule has 0 bridgehead atoms. The zero-order valence-corrected chi connectivity index (χ0v) is 16.1. The first kappa shape index (κ1) is 18.5. The third kappa shape index (κ3) is 3.36. The zero-order chi connectivity index (χ0) is 19.8. The van der Waals surface area contributed by atoms with Crippen molar-refractivity contribution >= 4 is 34.1 Å². The van der Waals surface area contributed by atoms with E-state index in [0.29, 0.717) is 36.7 Å². The number of carbonyl (C=O) groups excluding carboxylic acids is 1. The van der Waals surface area contributed by atoms with Gasteiger partial charge in [-0.2, -0.15) is 0 Å². The highest BCUT2D eigenvalue weighted by Crippen LogP contribution is 2.21. The van der Waals surface area contributed by atoms with Gasteiger partial charge < -0.3 is 14.4 Å². The Balaban J connectivity index is 1.58. The number of anilines is 1. The molecule has 0 aliphatic carbocycles. The summed E-state index contributed by atoms with van der Waals surface area (Å²) in [5.41, 5.74) is 1.23. The molecular weight excluding hydrogens is 381 g/mol. The summed E-state index contributed by atoms with van der Waals surface area (Å²) in [4.78, 5) is 29.6. The number of fused-ring (bicyclic) bond motifs is 1. The fourth-order valence-corrected chi connectivity index (χ4v) is 3.81. The van der Waals surface area contributed by atoms with Crippen LogP contribution in [0.5, 0.6) is 0 Å². The third-order valence-corrected chi connectivity index (χ3v) is 5.36. The molecule has 1 saturated heterocycles. The average Bonchev–Trinajstić information content (AvgIpc) is 2.70. The van der Waals surface area contributed by atoms with E-state index in [2.05, 4.69) is 4.90 Å². The number of aryl methyl sites for hydroxylation is 1. The quantitative estimate of drug-likeness (QED) is 0.664. The predicted octanol–water partition coefficient (Wildman–Crippen LogP) is 3.29. The van der Waals surface area contributed by atoms with Crippen molar-refractivity contribution in [3.8, 4) is 0 Å². The molecule has 1 aliphatic rings. The lowest BCUT2D eigenvalue weighted by atomic mass is 10.1. The van der Waals surface area contributed by atoms with Crippen LogP contribution in [0.1, 0.15) is 10.4 Å². The molecule has 2 aromatic carbocycles. The van der Waals surface area contributed by atoms with Gasteiger partial charge in [-0.3, -0.25) is 9.59 Å². The van der Waals surface area contributed by atoms with Crippen LogP contribution in [0.25, 0.3) is 10.9 Å². The lowest BCUT2D eigenvalue weighted by Gasteiger charge is -2.36. The number of piperazine rings is 1. The van der Waals surface area contributed by atoms with Crippen molar-refractivity contribution < 1.29 is 9.18 Å². The largest absolute Gasteiger partial charge is 0.368 e. The van der Waals surface area contributed by atoms with Crippen molar-refractivity contribution in [1.29, 1.82) is 0 Å². The molecule has 1 aromatic heterocycles. The smallest absolute Gasteiger partial charge is 0.259 e. The van der Waals surface area contributed by atoms with E-state index in [-0.39, 0.29) is 16.9 Å². The van der Waals surface area contributed by atoms with Crippen molar-refractivity contribution in [3.63, 3.8) is 0 Å². The van der Waals surface area contributed by atoms with E-state index in [1.54, 1.807) is 22.6 Å². The summed E-state index contributed by atoms with van der Waals surface area (Å²) in [6.45, 7) is 2.29. The Morgan fingerprint density at radius 2 is 1.82 bits per heavy atom. The molecule has 3 aromatic rings. The maximum absolute atomic E-state index is 13.6. The van der Waals surface area contributed by atoms with Gasteiger partial charge in [0.25, 0.3) is 5.91 Å². The summed E-state index contributed by atoms with van der Waals surface area (Å²) in [5, 5.41) is 0.883. The van der Waals surface area contributed by atoms with Gasteiger partial charge in [-0.05, 0) is 36.4 Å². The van der Waals surface area contributed by atoms with Gasteiger partial charge in [0.05, 0.1) is 5.52 Å². The molecule has 0 spiro atoms. The number of amides is 1. The number of pyridine rings is 1. The summed E-state index contributed by atoms with van der Waals surface area (Å²) < 4.78 is 15.3. The first-order chi connectivity index (χ1) is 13.4. The maximum Gasteiger partial charge on any atom is 0.259 e. The number of benzene rings is 2. The molecular formula is C21H19ClFN3O2. The van der Waals surface area contributed by atoms with Crippen LogP contribution in [0.2, 0.25) is 5.02 Å². The number of halogens is 2. The molecule has 0 atom stereocenters. The second-order valence-corrected chi connectivity index (χ2v) is 7.34. The molecule has 0 radical (unpaired) electrons. The van der Waals surface area contributed by atoms with Gasteiger partial charge >= 0.3 is 0 Å². The highest BCUT2D eigenvalue weighted by molar-refractivity contribution is 6.30. The Morgan fingerprint density at radius 1 is 1.07 bits per heavy atom. The second kappa shape index (κ2) is 7.28. The van der Waals surface area contributed by atoms with E-state index in [4.69, 9.17) is 11.6 Å². The van der Waals surface area contributed by atoms with Gasteiger partial charge in [0.2, 0.25) is 5.43 Å². The summed E-state index contributed by atoms with van der Waals surface area (Å²) in [5.74, 6) is -0.818. The zero-order valence-electron chi connectivity index (χ0n) is 15.4. The van der Waals surface area contributed by atoms with Gasteiger partial charge in [0, 0.05) is 55.5 Å². The van der Waals surface area contributed by atoms with E-state index in [1.165, 1.54) is 18.3 Å². The predicted molar refractivity (Wildman–Crippen MR) is 109 cm³/mol. The Hall–Kier alpha value is -2.86. The molecule has 1 aliphatic heterocycles. The summed E-state index contributed by atoms with van der Waals surface area (Å²) >= 11 is 6.06. The van der Waals surface area contributed by atoms with Gasteiger partial charge in [0.15, 0.2) is 0 Å². The molecule has 0 unspecified atom stereocenters. The fourth-order valence-electron chi connectivity index (χ4n) is 3.63. The van der Waals surface area contributed by atoms with Crippen LogP contribution in [0, 0.1) is 5.82 Å². The van der Waals surface area contributed by atoms with Gasteiger partial charge in [-0.15, -0.1) is 0 Å². The molecule has 28 heavy (non-hydrogen) atoms. The van der Waals surface area contributed by atoms with Crippen LogP contribution in [0.15, 0.2) is 53.5 Å². The highest BCUT2D eigenvalue weighted by Gasteiger charge is 2.25. The molecule has 1 fully saturated rings. The molecule has 7 heteroatoms. The number of rotatable bonds is 2.